The Morgan fingerprint density at radius 1 is 0.903 bits per heavy atom. The number of hydrogen-bond acceptors (Lipinski definition) is 7. The SMILES string of the molecule is COc1cc(C(=O)Nc2ccc([N+](=O)[O-])cc2)ccc1Oc1ccc(Cl)cc1[N+](=O)[O-]. The largest absolute Gasteiger partial charge is 0.493 e. The van der Waals surface area contributed by atoms with Gasteiger partial charge in [-0.3, -0.25) is 25.0 Å². The van der Waals surface area contributed by atoms with Crippen LogP contribution in [0.3, 0.4) is 0 Å². The fraction of sp³-hybridized carbons (Fsp3) is 0.0500. The molecule has 0 aliphatic carbocycles. The zero-order valence-electron chi connectivity index (χ0n) is 15.9. The van der Waals surface area contributed by atoms with E-state index in [-0.39, 0.29) is 39.2 Å². The number of ether oxygens (including phenoxy) is 2. The van der Waals surface area contributed by atoms with Gasteiger partial charge in [0.05, 0.1) is 17.0 Å². The van der Waals surface area contributed by atoms with E-state index >= 15 is 0 Å². The molecule has 0 aliphatic heterocycles. The number of nitro benzene ring substituents is 2. The third-order valence-electron chi connectivity index (χ3n) is 4.10. The van der Waals surface area contributed by atoms with E-state index < -0.39 is 15.8 Å². The van der Waals surface area contributed by atoms with Crippen molar-refractivity contribution in [3.8, 4) is 17.2 Å². The van der Waals surface area contributed by atoms with Crippen molar-refractivity contribution in [1.82, 2.24) is 0 Å². The highest BCUT2D eigenvalue weighted by atomic mass is 35.5. The van der Waals surface area contributed by atoms with E-state index in [1.54, 1.807) is 0 Å². The molecule has 3 rings (SSSR count). The van der Waals surface area contributed by atoms with Crippen LogP contribution in [-0.2, 0) is 0 Å². The van der Waals surface area contributed by atoms with Gasteiger partial charge in [-0.1, -0.05) is 11.6 Å². The molecule has 10 nitrogen and oxygen atoms in total. The molecule has 0 saturated carbocycles. The molecule has 31 heavy (non-hydrogen) atoms. The molecule has 0 spiro atoms. The summed E-state index contributed by atoms with van der Waals surface area (Å²) < 4.78 is 10.9. The second-order valence-electron chi connectivity index (χ2n) is 6.09. The number of carbonyl (C=O) groups excluding carboxylic acids is 1. The van der Waals surface area contributed by atoms with E-state index in [9.17, 15) is 25.0 Å². The summed E-state index contributed by atoms with van der Waals surface area (Å²) in [5.41, 5.74) is 0.159. The molecule has 0 radical (unpaired) electrons. The number of benzene rings is 3. The van der Waals surface area contributed by atoms with Gasteiger partial charge in [0.1, 0.15) is 0 Å². The monoisotopic (exact) mass is 443 g/mol. The van der Waals surface area contributed by atoms with Crippen LogP contribution in [0.15, 0.2) is 60.7 Å². The van der Waals surface area contributed by atoms with Crippen LogP contribution in [0.25, 0.3) is 0 Å². The van der Waals surface area contributed by atoms with E-state index in [4.69, 9.17) is 21.1 Å². The van der Waals surface area contributed by atoms with Crippen molar-refractivity contribution in [2.45, 2.75) is 0 Å². The molecule has 1 amide bonds. The number of halogens is 1. The number of amides is 1. The van der Waals surface area contributed by atoms with E-state index in [2.05, 4.69) is 5.32 Å². The molecule has 3 aromatic rings. The third kappa shape index (κ3) is 5.06. The molecule has 0 aromatic heterocycles. The Balaban J connectivity index is 1.82. The molecule has 3 aromatic carbocycles. The molecular formula is C20H14ClN3O7. The maximum Gasteiger partial charge on any atom is 0.313 e. The summed E-state index contributed by atoms with van der Waals surface area (Å²) in [5.74, 6) is -0.215. The summed E-state index contributed by atoms with van der Waals surface area (Å²) in [6, 6.07) is 13.6. The van der Waals surface area contributed by atoms with Gasteiger partial charge in [-0.15, -0.1) is 0 Å². The van der Waals surface area contributed by atoms with E-state index in [0.717, 1.165) is 6.07 Å². The number of anilines is 1. The van der Waals surface area contributed by atoms with Crippen molar-refractivity contribution < 1.29 is 24.1 Å². The highest BCUT2D eigenvalue weighted by molar-refractivity contribution is 6.30. The molecule has 0 fully saturated rings. The molecule has 0 atom stereocenters. The highest BCUT2D eigenvalue weighted by Crippen LogP contribution is 2.38. The molecular weight excluding hydrogens is 430 g/mol. The highest BCUT2D eigenvalue weighted by Gasteiger charge is 2.19. The van der Waals surface area contributed by atoms with Crippen LogP contribution in [0.2, 0.25) is 5.02 Å². The van der Waals surface area contributed by atoms with Gasteiger partial charge in [0.25, 0.3) is 11.6 Å². The van der Waals surface area contributed by atoms with Crippen molar-refractivity contribution in [2.24, 2.45) is 0 Å². The summed E-state index contributed by atoms with van der Waals surface area (Å²) in [5, 5.41) is 24.8. The van der Waals surface area contributed by atoms with Gasteiger partial charge < -0.3 is 14.8 Å². The maximum atomic E-state index is 12.5. The van der Waals surface area contributed by atoms with E-state index in [1.165, 1.54) is 61.7 Å². The van der Waals surface area contributed by atoms with Crippen molar-refractivity contribution >= 4 is 34.6 Å². The van der Waals surface area contributed by atoms with Crippen LogP contribution in [0.1, 0.15) is 10.4 Å². The minimum atomic E-state index is -0.625. The molecule has 0 aliphatic rings. The summed E-state index contributed by atoms with van der Waals surface area (Å²) >= 11 is 5.81. The number of hydrogen-bond donors (Lipinski definition) is 1. The topological polar surface area (TPSA) is 134 Å². The average molecular weight is 444 g/mol. The second kappa shape index (κ2) is 9.09. The normalized spacial score (nSPS) is 10.3. The van der Waals surface area contributed by atoms with Crippen molar-refractivity contribution in [3.05, 3.63) is 91.5 Å². The maximum absolute atomic E-state index is 12.5. The number of methoxy groups -OCH3 is 1. The van der Waals surface area contributed by atoms with Crippen molar-refractivity contribution in [1.29, 1.82) is 0 Å². The van der Waals surface area contributed by atoms with Crippen LogP contribution in [0.4, 0.5) is 17.1 Å². The molecule has 0 saturated heterocycles. The first-order chi connectivity index (χ1) is 14.8. The fourth-order valence-electron chi connectivity index (χ4n) is 2.60. The van der Waals surface area contributed by atoms with Crippen LogP contribution in [-0.4, -0.2) is 22.9 Å². The number of nitro groups is 2. The Morgan fingerprint density at radius 3 is 2.19 bits per heavy atom. The van der Waals surface area contributed by atoms with Gasteiger partial charge in [-0.25, -0.2) is 0 Å². The van der Waals surface area contributed by atoms with Gasteiger partial charge in [-0.2, -0.15) is 0 Å². The lowest BCUT2D eigenvalue weighted by Crippen LogP contribution is -2.12. The average Bonchev–Trinajstić information content (AvgIpc) is 2.75. The Morgan fingerprint density at radius 2 is 1.58 bits per heavy atom. The molecule has 11 heteroatoms. The summed E-state index contributed by atoms with van der Waals surface area (Å²) in [6.07, 6.45) is 0. The van der Waals surface area contributed by atoms with Crippen LogP contribution < -0.4 is 14.8 Å². The van der Waals surface area contributed by atoms with Gasteiger partial charge in [0, 0.05) is 34.5 Å². The Bertz CT molecular complexity index is 1170. The van der Waals surface area contributed by atoms with E-state index in [1.807, 2.05) is 0 Å². The number of nitrogens with zero attached hydrogens (tertiary/aromatic N) is 2. The van der Waals surface area contributed by atoms with Crippen LogP contribution in [0, 0.1) is 20.2 Å². The number of carbonyl (C=O) groups is 1. The van der Waals surface area contributed by atoms with E-state index in [0.29, 0.717) is 5.69 Å². The number of nitrogens with one attached hydrogen (secondary N) is 1. The molecule has 0 bridgehead atoms. The molecule has 0 heterocycles. The fourth-order valence-corrected chi connectivity index (χ4v) is 2.77. The smallest absolute Gasteiger partial charge is 0.313 e. The predicted molar refractivity (Wildman–Crippen MR) is 112 cm³/mol. The van der Waals surface area contributed by atoms with Crippen molar-refractivity contribution in [3.63, 3.8) is 0 Å². The molecule has 158 valence electrons. The minimum Gasteiger partial charge on any atom is -0.493 e. The number of non-ortho nitro benzene ring substituents is 1. The third-order valence-corrected chi connectivity index (χ3v) is 4.33. The van der Waals surface area contributed by atoms with Gasteiger partial charge >= 0.3 is 5.69 Å². The minimum absolute atomic E-state index is 0.0456. The lowest BCUT2D eigenvalue weighted by Gasteiger charge is -2.12. The first-order valence-electron chi connectivity index (χ1n) is 8.64. The first-order valence-corrected chi connectivity index (χ1v) is 9.02. The van der Waals surface area contributed by atoms with Gasteiger partial charge in [0.15, 0.2) is 11.5 Å². The zero-order valence-corrected chi connectivity index (χ0v) is 16.7. The summed E-state index contributed by atoms with van der Waals surface area (Å²) in [4.78, 5) is 33.3. The molecule has 1 N–H and O–H groups in total. The van der Waals surface area contributed by atoms with Crippen LogP contribution >= 0.6 is 11.6 Å². The Kier molecular flexibility index (Phi) is 6.32. The van der Waals surface area contributed by atoms with Crippen molar-refractivity contribution in [2.75, 3.05) is 12.4 Å². The Hall–Kier alpha value is -4.18. The predicted octanol–water partition coefficient (Wildman–Crippen LogP) is 5.21. The van der Waals surface area contributed by atoms with Gasteiger partial charge in [-0.05, 0) is 42.5 Å². The zero-order chi connectivity index (χ0) is 22.5. The first kappa shape index (κ1) is 21.5. The lowest BCUT2D eigenvalue weighted by atomic mass is 10.1. The lowest BCUT2D eigenvalue weighted by molar-refractivity contribution is -0.385. The standard InChI is InChI=1S/C20H14ClN3O7/c1-30-19-10-12(20(25)22-14-4-6-15(7-5-14)23(26)27)2-8-18(19)31-17-9-3-13(21)11-16(17)24(28)29/h2-11H,1H3,(H,22,25). The van der Waals surface area contributed by atoms with Crippen LogP contribution in [0.5, 0.6) is 17.2 Å². The second-order valence-corrected chi connectivity index (χ2v) is 6.53. The quantitative estimate of drug-likeness (QED) is 0.391. The summed E-state index contributed by atoms with van der Waals surface area (Å²) in [7, 11) is 1.36. The summed E-state index contributed by atoms with van der Waals surface area (Å²) in [6.45, 7) is 0. The van der Waals surface area contributed by atoms with Gasteiger partial charge in [0.2, 0.25) is 5.75 Å². The molecule has 0 unspecified atom stereocenters. The number of rotatable bonds is 7. The Labute approximate surface area is 180 Å².